The Hall–Kier alpha value is -3.42. The lowest BCUT2D eigenvalue weighted by Gasteiger charge is -2.29. The number of aliphatic hydroxyl groups excluding tert-OH is 1. The average Bonchev–Trinajstić information content (AvgIpc) is 2.83. The molecule has 0 aliphatic carbocycles. The molecule has 0 bridgehead atoms. The van der Waals surface area contributed by atoms with Crippen LogP contribution in [-0.4, -0.2) is 29.7 Å². The van der Waals surface area contributed by atoms with E-state index in [1.807, 2.05) is 50.2 Å². The number of aliphatic hydroxyl groups is 1. The van der Waals surface area contributed by atoms with Crippen molar-refractivity contribution in [3.05, 3.63) is 88.7 Å². The normalized spacial score (nSPS) is 14.0. The number of amides is 1. The summed E-state index contributed by atoms with van der Waals surface area (Å²) < 4.78 is 25.2. The molecular weight excluding hydrogens is 447 g/mol. The van der Waals surface area contributed by atoms with Gasteiger partial charge in [-0.1, -0.05) is 42.5 Å². The van der Waals surface area contributed by atoms with Crippen molar-refractivity contribution in [2.45, 2.75) is 45.4 Å². The molecule has 35 heavy (non-hydrogen) atoms. The Morgan fingerprint density at radius 2 is 1.91 bits per heavy atom. The highest BCUT2D eigenvalue weighted by atomic mass is 19.1. The topological polar surface area (TPSA) is 79.8 Å². The van der Waals surface area contributed by atoms with Crippen LogP contribution < -0.4 is 20.1 Å². The van der Waals surface area contributed by atoms with Gasteiger partial charge >= 0.3 is 0 Å². The van der Waals surface area contributed by atoms with Crippen LogP contribution in [0.1, 0.15) is 42.2 Å². The van der Waals surface area contributed by atoms with Crippen molar-refractivity contribution in [3.8, 4) is 11.5 Å². The highest BCUT2D eigenvalue weighted by Crippen LogP contribution is 2.39. The monoisotopic (exact) mass is 478 g/mol. The van der Waals surface area contributed by atoms with Crippen molar-refractivity contribution < 1.29 is 23.8 Å². The minimum Gasteiger partial charge on any atom is -0.489 e. The first-order valence-corrected chi connectivity index (χ1v) is 11.7. The van der Waals surface area contributed by atoms with E-state index in [0.29, 0.717) is 41.3 Å². The molecule has 3 aromatic carbocycles. The van der Waals surface area contributed by atoms with E-state index in [0.717, 1.165) is 11.1 Å². The number of halogens is 1. The number of anilines is 1. The second kappa shape index (κ2) is 10.5. The zero-order valence-electron chi connectivity index (χ0n) is 20.2. The summed E-state index contributed by atoms with van der Waals surface area (Å²) in [7, 11) is 0. The molecule has 1 aliphatic rings. The third-order valence-corrected chi connectivity index (χ3v) is 5.96. The summed E-state index contributed by atoms with van der Waals surface area (Å²) in [6.07, 6.45) is -0.251. The van der Waals surface area contributed by atoms with Crippen LogP contribution in [0.5, 0.6) is 11.5 Å². The molecule has 0 saturated heterocycles. The minimum absolute atomic E-state index is 0.111. The molecule has 1 heterocycles. The summed E-state index contributed by atoms with van der Waals surface area (Å²) in [5.41, 5.74) is 3.27. The summed E-state index contributed by atoms with van der Waals surface area (Å²) in [6, 6.07) is 18.3. The number of nitrogens with one attached hydrogen (secondary N) is 2. The summed E-state index contributed by atoms with van der Waals surface area (Å²) >= 11 is 0. The summed E-state index contributed by atoms with van der Waals surface area (Å²) in [6.45, 7) is 6.30. The number of rotatable bonds is 9. The molecule has 3 aromatic rings. The van der Waals surface area contributed by atoms with Crippen LogP contribution in [0.2, 0.25) is 0 Å². The molecule has 0 fully saturated rings. The van der Waals surface area contributed by atoms with Gasteiger partial charge in [0.05, 0.1) is 11.8 Å². The molecule has 0 saturated carbocycles. The molecule has 1 atom stereocenters. The van der Waals surface area contributed by atoms with Crippen LogP contribution in [0, 0.1) is 12.7 Å². The number of fused-ring (bicyclic) bond motifs is 1. The summed E-state index contributed by atoms with van der Waals surface area (Å²) in [5, 5.41) is 17.3. The first-order chi connectivity index (χ1) is 16.7. The van der Waals surface area contributed by atoms with E-state index < -0.39 is 6.10 Å². The number of hydrogen-bond donors (Lipinski definition) is 3. The maximum atomic E-state index is 13.6. The van der Waals surface area contributed by atoms with Crippen molar-refractivity contribution in [3.63, 3.8) is 0 Å². The zero-order valence-corrected chi connectivity index (χ0v) is 20.2. The maximum Gasteiger partial charge on any atom is 0.262 e. The number of hydrogen-bond acceptors (Lipinski definition) is 5. The average molecular weight is 479 g/mol. The van der Waals surface area contributed by atoms with Gasteiger partial charge in [0, 0.05) is 23.7 Å². The Bertz CT molecular complexity index is 1200. The largest absolute Gasteiger partial charge is 0.489 e. The number of ether oxygens (including phenoxy) is 2. The van der Waals surface area contributed by atoms with Gasteiger partial charge in [-0.25, -0.2) is 4.39 Å². The number of β-amino-alcohol motifs (C(OH)–C–C–N with tert-alkyl or cyclic N) is 1. The third-order valence-electron chi connectivity index (χ3n) is 5.96. The molecule has 1 unspecified atom stereocenters. The van der Waals surface area contributed by atoms with Crippen LogP contribution in [-0.2, 0) is 17.8 Å². The first-order valence-electron chi connectivity index (χ1n) is 11.7. The number of carbonyl (C=O) groups is 1. The van der Waals surface area contributed by atoms with Gasteiger partial charge in [-0.3, -0.25) is 4.79 Å². The summed E-state index contributed by atoms with van der Waals surface area (Å²) in [4.78, 5) is 11.9. The van der Waals surface area contributed by atoms with Crippen molar-refractivity contribution >= 4 is 11.6 Å². The van der Waals surface area contributed by atoms with Crippen molar-refractivity contribution in [1.29, 1.82) is 0 Å². The highest BCUT2D eigenvalue weighted by molar-refractivity contribution is 5.96. The van der Waals surface area contributed by atoms with Crippen LogP contribution in [0.15, 0.2) is 60.7 Å². The van der Waals surface area contributed by atoms with Gasteiger partial charge in [0.1, 0.15) is 23.9 Å². The SMILES string of the molecule is Cc1cc(CC(C)(C)NCC(O)c2cc(OCc3ccccc3)cc3c2OCC(=O)N3)ccc1F. The lowest BCUT2D eigenvalue weighted by atomic mass is 9.93. The predicted octanol–water partition coefficient (Wildman–Crippen LogP) is 4.69. The zero-order chi connectivity index (χ0) is 25.0. The Morgan fingerprint density at radius 3 is 2.66 bits per heavy atom. The fourth-order valence-corrected chi connectivity index (χ4v) is 4.15. The van der Waals surface area contributed by atoms with Crippen LogP contribution in [0.4, 0.5) is 10.1 Å². The summed E-state index contributed by atoms with van der Waals surface area (Å²) in [5.74, 6) is 0.486. The van der Waals surface area contributed by atoms with E-state index in [4.69, 9.17) is 9.47 Å². The molecule has 3 N–H and O–H groups in total. The molecule has 0 aromatic heterocycles. The van der Waals surface area contributed by atoms with Crippen molar-refractivity contribution in [1.82, 2.24) is 5.32 Å². The molecule has 0 spiro atoms. The van der Waals surface area contributed by atoms with Gasteiger partial charge in [-0.05, 0) is 56.0 Å². The smallest absolute Gasteiger partial charge is 0.262 e. The van der Waals surface area contributed by atoms with Gasteiger partial charge < -0.3 is 25.2 Å². The van der Waals surface area contributed by atoms with Crippen LogP contribution in [0.3, 0.4) is 0 Å². The molecule has 7 heteroatoms. The fraction of sp³-hybridized carbons (Fsp3) is 0.321. The quantitative estimate of drug-likeness (QED) is 0.416. The van der Waals surface area contributed by atoms with Gasteiger partial charge in [0.15, 0.2) is 6.61 Å². The van der Waals surface area contributed by atoms with Gasteiger partial charge in [-0.15, -0.1) is 0 Å². The maximum absolute atomic E-state index is 13.6. The highest BCUT2D eigenvalue weighted by Gasteiger charge is 2.26. The molecule has 4 rings (SSSR count). The fourth-order valence-electron chi connectivity index (χ4n) is 4.15. The van der Waals surface area contributed by atoms with E-state index >= 15 is 0 Å². The molecule has 1 aliphatic heterocycles. The number of carbonyl (C=O) groups excluding carboxylic acids is 1. The van der Waals surface area contributed by atoms with E-state index in [-0.39, 0.29) is 30.4 Å². The Kier molecular flexibility index (Phi) is 7.38. The lowest BCUT2D eigenvalue weighted by molar-refractivity contribution is -0.118. The number of benzene rings is 3. The van der Waals surface area contributed by atoms with Gasteiger partial charge in [-0.2, -0.15) is 0 Å². The van der Waals surface area contributed by atoms with Crippen molar-refractivity contribution in [2.24, 2.45) is 0 Å². The molecule has 1 amide bonds. The third kappa shape index (κ3) is 6.38. The lowest BCUT2D eigenvalue weighted by Crippen LogP contribution is -2.43. The molecule has 184 valence electrons. The Balaban J connectivity index is 1.49. The second-order valence-corrected chi connectivity index (χ2v) is 9.54. The molecule has 6 nitrogen and oxygen atoms in total. The van der Waals surface area contributed by atoms with Crippen LogP contribution in [0.25, 0.3) is 0 Å². The standard InChI is InChI=1S/C28H31FN2O4/c1-18-11-20(9-10-23(18)29)14-28(2,3)30-15-25(32)22-12-21(34-16-19-7-5-4-6-8-19)13-24-27(22)35-17-26(33)31-24/h4-13,25,30,32H,14-17H2,1-3H3,(H,31,33). The van der Waals surface area contributed by atoms with Gasteiger partial charge in [0.25, 0.3) is 5.91 Å². The number of aryl methyl sites for hydroxylation is 1. The minimum atomic E-state index is -0.909. The van der Waals surface area contributed by atoms with Crippen molar-refractivity contribution in [2.75, 3.05) is 18.5 Å². The first kappa shape index (κ1) is 24.7. The van der Waals surface area contributed by atoms with Crippen LogP contribution >= 0.6 is 0 Å². The second-order valence-electron chi connectivity index (χ2n) is 9.54. The van der Waals surface area contributed by atoms with E-state index in [9.17, 15) is 14.3 Å². The Labute approximate surface area is 205 Å². The predicted molar refractivity (Wildman–Crippen MR) is 133 cm³/mol. The van der Waals surface area contributed by atoms with E-state index in [1.165, 1.54) is 6.07 Å². The molecular formula is C28H31FN2O4. The molecule has 0 radical (unpaired) electrons. The van der Waals surface area contributed by atoms with E-state index in [1.54, 1.807) is 25.1 Å². The van der Waals surface area contributed by atoms with Gasteiger partial charge in [0.2, 0.25) is 0 Å². The Morgan fingerprint density at radius 1 is 1.14 bits per heavy atom. The van der Waals surface area contributed by atoms with E-state index in [2.05, 4.69) is 10.6 Å².